The molecule has 0 aliphatic heterocycles. The van der Waals surface area contributed by atoms with Crippen LogP contribution in [0.1, 0.15) is 36.0 Å². The van der Waals surface area contributed by atoms with Gasteiger partial charge in [-0.15, -0.1) is 0 Å². The van der Waals surface area contributed by atoms with E-state index in [1.165, 1.54) is 0 Å². The van der Waals surface area contributed by atoms with Crippen LogP contribution in [0, 0.1) is 30.6 Å². The fourth-order valence-corrected chi connectivity index (χ4v) is 4.73. The Morgan fingerprint density at radius 2 is 1.67 bits per heavy atom. The highest BCUT2D eigenvalue weighted by atomic mass is 16.2. The molecule has 0 saturated heterocycles. The molecular weight excluding hydrogens is 260 g/mol. The summed E-state index contributed by atoms with van der Waals surface area (Å²) in [7, 11) is 0. The van der Waals surface area contributed by atoms with Crippen LogP contribution in [-0.2, 0) is 16.0 Å². The van der Waals surface area contributed by atoms with E-state index in [1.54, 1.807) is 0 Å². The molecule has 0 radical (unpaired) electrons. The number of fused-ring (bicyclic) bond motifs is 5. The number of carbonyl (C=O) groups excluding carboxylic acids is 2. The number of Topliss-reactive ketones (excluding diaryl/α,β-unsaturated/α-hetero) is 2. The maximum atomic E-state index is 12.9. The van der Waals surface area contributed by atoms with Crippen molar-refractivity contribution in [3.05, 3.63) is 47.0 Å². The highest BCUT2D eigenvalue weighted by Gasteiger charge is 2.60. The number of benzene rings is 1. The molecule has 0 heterocycles. The molecule has 3 aliphatic carbocycles. The molecule has 108 valence electrons. The molecule has 2 fully saturated rings. The summed E-state index contributed by atoms with van der Waals surface area (Å²) in [5.41, 5.74) is 3.25. The second kappa shape index (κ2) is 4.40. The van der Waals surface area contributed by atoms with Gasteiger partial charge < -0.3 is 0 Å². The Labute approximate surface area is 125 Å². The Morgan fingerprint density at radius 1 is 1.05 bits per heavy atom. The Hall–Kier alpha value is -1.70. The van der Waals surface area contributed by atoms with Gasteiger partial charge in [0.05, 0.1) is 0 Å². The average molecular weight is 280 g/mol. The molecule has 4 rings (SSSR count). The minimum Gasteiger partial charge on any atom is -0.298 e. The number of ketones is 2. The predicted octanol–water partition coefficient (Wildman–Crippen LogP) is 3.23. The van der Waals surface area contributed by atoms with Gasteiger partial charge in [-0.3, -0.25) is 9.59 Å². The van der Waals surface area contributed by atoms with E-state index in [-0.39, 0.29) is 23.4 Å². The zero-order valence-electron chi connectivity index (χ0n) is 12.5. The Balaban J connectivity index is 1.79. The van der Waals surface area contributed by atoms with Gasteiger partial charge in [0.15, 0.2) is 11.6 Å². The first-order chi connectivity index (χ1) is 10.1. The van der Waals surface area contributed by atoms with E-state index in [9.17, 15) is 9.59 Å². The molecule has 4 unspecified atom stereocenters. The molecule has 1 aromatic carbocycles. The summed E-state index contributed by atoms with van der Waals surface area (Å²) in [5.74, 6) is 0.419. The first-order valence-corrected chi connectivity index (χ1v) is 7.97. The molecule has 2 saturated carbocycles. The highest BCUT2D eigenvalue weighted by Crippen LogP contribution is 2.55. The Kier molecular flexibility index (Phi) is 2.72. The second-order valence-electron chi connectivity index (χ2n) is 6.79. The van der Waals surface area contributed by atoms with Crippen molar-refractivity contribution in [3.63, 3.8) is 0 Å². The lowest BCUT2D eigenvalue weighted by Crippen LogP contribution is -2.21. The monoisotopic (exact) mass is 280 g/mol. The predicted molar refractivity (Wildman–Crippen MR) is 81.0 cm³/mol. The first-order valence-electron chi connectivity index (χ1n) is 7.97. The van der Waals surface area contributed by atoms with Crippen molar-refractivity contribution in [1.29, 1.82) is 0 Å². The lowest BCUT2D eigenvalue weighted by atomic mass is 9.85. The summed E-state index contributed by atoms with van der Waals surface area (Å²) in [6.45, 7) is 4.11. The van der Waals surface area contributed by atoms with Crippen LogP contribution in [0.5, 0.6) is 0 Å². The van der Waals surface area contributed by atoms with Gasteiger partial charge in [0.1, 0.15) is 5.92 Å². The molecule has 0 spiro atoms. The SMILES string of the molecule is CCc1ccc(C)cc1C1C(=O)C2C3C=CC(C3)C2C1=O. The van der Waals surface area contributed by atoms with Gasteiger partial charge in [-0.05, 0) is 42.7 Å². The zero-order valence-corrected chi connectivity index (χ0v) is 12.5. The lowest BCUT2D eigenvalue weighted by molar-refractivity contribution is -0.125. The quantitative estimate of drug-likeness (QED) is 0.615. The molecule has 21 heavy (non-hydrogen) atoms. The molecule has 2 bridgehead atoms. The maximum Gasteiger partial charge on any atom is 0.152 e. The van der Waals surface area contributed by atoms with Crippen LogP contribution in [0.4, 0.5) is 0 Å². The van der Waals surface area contributed by atoms with Gasteiger partial charge in [0.25, 0.3) is 0 Å². The number of hydrogen-bond acceptors (Lipinski definition) is 2. The van der Waals surface area contributed by atoms with Crippen LogP contribution in [0.15, 0.2) is 30.4 Å². The summed E-state index contributed by atoms with van der Waals surface area (Å²) in [5, 5.41) is 0. The van der Waals surface area contributed by atoms with Crippen molar-refractivity contribution in [2.24, 2.45) is 23.7 Å². The minimum absolute atomic E-state index is 0.0391. The molecular formula is C19H20O2. The van der Waals surface area contributed by atoms with Crippen LogP contribution in [-0.4, -0.2) is 11.6 Å². The van der Waals surface area contributed by atoms with Crippen molar-refractivity contribution in [2.45, 2.75) is 32.6 Å². The third-order valence-electron chi connectivity index (χ3n) is 5.68. The Morgan fingerprint density at radius 3 is 2.24 bits per heavy atom. The maximum absolute atomic E-state index is 12.9. The van der Waals surface area contributed by atoms with E-state index in [0.29, 0.717) is 11.8 Å². The molecule has 0 amide bonds. The summed E-state index contributed by atoms with van der Waals surface area (Å²) >= 11 is 0. The van der Waals surface area contributed by atoms with E-state index >= 15 is 0 Å². The first kappa shape index (κ1) is 13.0. The summed E-state index contributed by atoms with van der Waals surface area (Å²) in [6, 6.07) is 6.19. The van der Waals surface area contributed by atoms with Gasteiger partial charge in [-0.1, -0.05) is 42.8 Å². The van der Waals surface area contributed by atoms with Gasteiger partial charge >= 0.3 is 0 Å². The highest BCUT2D eigenvalue weighted by molar-refractivity contribution is 6.17. The third-order valence-corrected chi connectivity index (χ3v) is 5.68. The molecule has 1 aromatic rings. The molecule has 0 N–H and O–H groups in total. The van der Waals surface area contributed by atoms with Crippen LogP contribution in [0.25, 0.3) is 0 Å². The summed E-state index contributed by atoms with van der Waals surface area (Å²) < 4.78 is 0. The van der Waals surface area contributed by atoms with E-state index in [1.807, 2.05) is 6.92 Å². The van der Waals surface area contributed by atoms with Crippen molar-refractivity contribution in [1.82, 2.24) is 0 Å². The van der Waals surface area contributed by atoms with Gasteiger partial charge in [-0.25, -0.2) is 0 Å². The van der Waals surface area contributed by atoms with Crippen LogP contribution >= 0.6 is 0 Å². The number of rotatable bonds is 2. The minimum atomic E-state index is -0.500. The molecule has 3 aliphatic rings. The van der Waals surface area contributed by atoms with Crippen molar-refractivity contribution in [3.8, 4) is 0 Å². The number of aryl methyl sites for hydroxylation is 2. The van der Waals surface area contributed by atoms with E-state index in [0.717, 1.165) is 29.5 Å². The number of carbonyl (C=O) groups is 2. The average Bonchev–Trinajstić information content (AvgIpc) is 3.13. The fourth-order valence-electron chi connectivity index (χ4n) is 4.73. The van der Waals surface area contributed by atoms with E-state index in [4.69, 9.17) is 0 Å². The van der Waals surface area contributed by atoms with Gasteiger partial charge in [-0.2, -0.15) is 0 Å². The van der Waals surface area contributed by atoms with Gasteiger partial charge in [0, 0.05) is 11.8 Å². The normalized spacial score (nSPS) is 36.6. The largest absolute Gasteiger partial charge is 0.298 e. The van der Waals surface area contributed by atoms with Crippen LogP contribution in [0.2, 0.25) is 0 Å². The van der Waals surface area contributed by atoms with Crippen LogP contribution < -0.4 is 0 Å². The zero-order chi connectivity index (χ0) is 14.7. The van der Waals surface area contributed by atoms with Crippen molar-refractivity contribution in [2.75, 3.05) is 0 Å². The van der Waals surface area contributed by atoms with E-state index < -0.39 is 5.92 Å². The Bertz CT molecular complexity index is 640. The second-order valence-corrected chi connectivity index (χ2v) is 6.79. The third kappa shape index (κ3) is 1.65. The molecule has 0 aromatic heterocycles. The summed E-state index contributed by atoms with van der Waals surface area (Å²) in [4.78, 5) is 25.8. The van der Waals surface area contributed by atoms with Crippen LogP contribution in [0.3, 0.4) is 0 Å². The molecule has 4 atom stereocenters. The van der Waals surface area contributed by atoms with E-state index in [2.05, 4.69) is 37.3 Å². The number of hydrogen-bond donors (Lipinski definition) is 0. The lowest BCUT2D eigenvalue weighted by Gasteiger charge is -2.16. The standard InChI is InChI=1S/C19H20O2/c1-3-11-5-4-10(2)8-14(11)17-18(20)15-12-6-7-13(9-12)16(15)19(17)21/h4-8,12-13,15-17H,3,9H2,1-2H3. The van der Waals surface area contributed by atoms with Crippen molar-refractivity contribution >= 4 is 11.6 Å². The molecule has 2 heteroatoms. The van der Waals surface area contributed by atoms with Gasteiger partial charge in [0.2, 0.25) is 0 Å². The fraction of sp³-hybridized carbons (Fsp3) is 0.474. The molecule has 2 nitrogen and oxygen atoms in total. The summed E-state index contributed by atoms with van der Waals surface area (Å²) in [6.07, 6.45) is 6.20. The van der Waals surface area contributed by atoms with Crippen molar-refractivity contribution < 1.29 is 9.59 Å². The topological polar surface area (TPSA) is 34.1 Å². The number of allylic oxidation sites excluding steroid dienone is 2. The smallest absolute Gasteiger partial charge is 0.152 e.